The highest BCUT2D eigenvalue weighted by molar-refractivity contribution is 6.42. The molecule has 3 amide bonds. The van der Waals surface area contributed by atoms with Crippen LogP contribution in [-0.4, -0.2) is 59.3 Å². The maximum absolute atomic E-state index is 13.8. The molecule has 1 aliphatic heterocycles. The van der Waals surface area contributed by atoms with Crippen molar-refractivity contribution in [2.45, 2.75) is 38.5 Å². The minimum absolute atomic E-state index is 0.154. The number of nitrogens with zero attached hydrogens (tertiary/aromatic N) is 3. The first kappa shape index (κ1) is 32.2. The van der Waals surface area contributed by atoms with E-state index in [0.29, 0.717) is 46.8 Å². The zero-order chi connectivity index (χ0) is 33.2. The Bertz CT molecular complexity index is 1860. The number of likely N-dealkylation sites (N-methyl/N-ethyl adjacent to an activating group) is 1. The maximum atomic E-state index is 13.8. The normalized spacial score (nSPS) is 19.0. The van der Waals surface area contributed by atoms with Crippen LogP contribution in [0.3, 0.4) is 0 Å². The van der Waals surface area contributed by atoms with Gasteiger partial charge in [0.1, 0.15) is 12.1 Å². The largest absolute Gasteiger partial charge is 0.459 e. The fourth-order valence-corrected chi connectivity index (χ4v) is 6.21. The van der Waals surface area contributed by atoms with E-state index in [9.17, 15) is 19.2 Å². The first-order valence-corrected chi connectivity index (χ1v) is 16.0. The third kappa shape index (κ3) is 6.87. The Kier molecular flexibility index (Phi) is 9.29. The Hall–Kier alpha value is -4.73. The van der Waals surface area contributed by atoms with Crippen molar-refractivity contribution in [3.05, 3.63) is 117 Å². The second-order valence-electron chi connectivity index (χ2n) is 11.9. The van der Waals surface area contributed by atoms with Gasteiger partial charge in [-0.1, -0.05) is 41.4 Å². The molecular formula is C36H32Cl2N4O5. The summed E-state index contributed by atoms with van der Waals surface area (Å²) in [6.45, 7) is 2.31. The number of aromatic nitrogens is 1. The van der Waals surface area contributed by atoms with Crippen LogP contribution in [-0.2, 0) is 16.1 Å². The Morgan fingerprint density at radius 1 is 0.915 bits per heavy atom. The van der Waals surface area contributed by atoms with Crippen LogP contribution in [0.25, 0.3) is 11.1 Å². The van der Waals surface area contributed by atoms with E-state index in [1.165, 1.54) is 11.0 Å². The molecule has 1 aliphatic carbocycles. The lowest BCUT2D eigenvalue weighted by Gasteiger charge is -2.34. The minimum Gasteiger partial charge on any atom is -0.459 e. The topological polar surface area (TPSA) is 109 Å². The standard InChI is InChI=1S/C36H32Cl2N4O5/c1-21-34(44)41(2)32-18-25(24-10-12-39-13-11-24)6-8-29(32)35(45)42(21)20-22-4-3-5-26(14-22)33(43)40-19-23-15-28(16-23)47-36(46)27-7-9-30(37)31(38)17-27/h3-14,17-18,21,23,28H,15-16,19-20H2,1-2H3,(H,40,43)/t21-,23?,28?/m1/s1. The number of pyridine rings is 1. The summed E-state index contributed by atoms with van der Waals surface area (Å²) < 4.78 is 5.55. The van der Waals surface area contributed by atoms with Crippen LogP contribution < -0.4 is 10.2 Å². The molecule has 2 heterocycles. The van der Waals surface area contributed by atoms with Gasteiger partial charge in [-0.2, -0.15) is 0 Å². The summed E-state index contributed by atoms with van der Waals surface area (Å²) in [5, 5.41) is 3.62. The summed E-state index contributed by atoms with van der Waals surface area (Å²) in [5.41, 5.74) is 4.29. The van der Waals surface area contributed by atoms with Gasteiger partial charge in [0.25, 0.3) is 11.8 Å². The highest BCUT2D eigenvalue weighted by Gasteiger charge is 2.36. The average molecular weight is 672 g/mol. The van der Waals surface area contributed by atoms with Crippen LogP contribution in [0.5, 0.6) is 0 Å². The van der Waals surface area contributed by atoms with Crippen molar-refractivity contribution in [2.75, 3.05) is 18.5 Å². The van der Waals surface area contributed by atoms with Gasteiger partial charge in [0.2, 0.25) is 5.91 Å². The van der Waals surface area contributed by atoms with Crippen molar-refractivity contribution in [3.8, 4) is 11.1 Å². The Morgan fingerprint density at radius 2 is 1.68 bits per heavy atom. The lowest BCUT2D eigenvalue weighted by molar-refractivity contribution is -0.122. The highest BCUT2D eigenvalue weighted by Crippen LogP contribution is 2.33. The molecule has 240 valence electrons. The number of fused-ring (bicyclic) bond motifs is 1. The summed E-state index contributed by atoms with van der Waals surface area (Å²) in [4.78, 5) is 59.9. The van der Waals surface area contributed by atoms with Gasteiger partial charge in [-0.15, -0.1) is 0 Å². The van der Waals surface area contributed by atoms with E-state index < -0.39 is 12.0 Å². The number of carbonyl (C=O) groups excluding carboxylic acids is 4. The number of rotatable bonds is 8. The molecule has 0 spiro atoms. The van der Waals surface area contributed by atoms with Crippen molar-refractivity contribution < 1.29 is 23.9 Å². The molecule has 1 atom stereocenters. The van der Waals surface area contributed by atoms with E-state index >= 15 is 0 Å². The fraction of sp³-hybridized carbons (Fsp3) is 0.250. The minimum atomic E-state index is -0.723. The number of ether oxygens (including phenoxy) is 1. The molecular weight excluding hydrogens is 639 g/mol. The molecule has 4 aromatic rings. The van der Waals surface area contributed by atoms with E-state index in [2.05, 4.69) is 10.3 Å². The fourth-order valence-electron chi connectivity index (χ4n) is 5.91. The number of carbonyl (C=O) groups is 4. The van der Waals surface area contributed by atoms with Crippen LogP contribution in [0.15, 0.2) is 85.2 Å². The SMILES string of the molecule is C[C@@H]1C(=O)N(C)c2cc(-c3ccncc3)ccc2C(=O)N1Cc1cccc(C(=O)NCC2CC(OC(=O)c3ccc(Cl)c(Cl)c3)C2)c1. The van der Waals surface area contributed by atoms with Gasteiger partial charge in [-0.05, 0) is 97.0 Å². The summed E-state index contributed by atoms with van der Waals surface area (Å²) in [5.74, 6) is -1.01. The number of amides is 3. The van der Waals surface area contributed by atoms with Gasteiger partial charge >= 0.3 is 5.97 Å². The van der Waals surface area contributed by atoms with Gasteiger partial charge in [0.15, 0.2) is 0 Å². The van der Waals surface area contributed by atoms with E-state index in [4.69, 9.17) is 27.9 Å². The molecule has 0 bridgehead atoms. The number of nitrogens with one attached hydrogen (secondary N) is 1. The van der Waals surface area contributed by atoms with E-state index in [1.807, 2.05) is 30.3 Å². The van der Waals surface area contributed by atoms with Crippen molar-refractivity contribution in [1.29, 1.82) is 0 Å². The number of anilines is 1. The second-order valence-corrected chi connectivity index (χ2v) is 12.7. The summed E-state index contributed by atoms with van der Waals surface area (Å²) in [6, 6.07) is 20.2. The molecule has 0 saturated heterocycles. The van der Waals surface area contributed by atoms with Gasteiger partial charge in [-0.3, -0.25) is 19.4 Å². The molecule has 11 heteroatoms. The van der Waals surface area contributed by atoms with E-state index in [1.54, 1.807) is 67.7 Å². The summed E-state index contributed by atoms with van der Waals surface area (Å²) in [7, 11) is 1.68. The molecule has 1 aromatic heterocycles. The van der Waals surface area contributed by atoms with Crippen LogP contribution in [0.4, 0.5) is 5.69 Å². The smallest absolute Gasteiger partial charge is 0.338 e. The van der Waals surface area contributed by atoms with Crippen molar-refractivity contribution in [1.82, 2.24) is 15.2 Å². The number of halogens is 2. The third-order valence-electron chi connectivity index (χ3n) is 8.73. The Morgan fingerprint density at radius 3 is 2.43 bits per heavy atom. The van der Waals surface area contributed by atoms with Gasteiger partial charge in [-0.25, -0.2) is 4.79 Å². The van der Waals surface area contributed by atoms with Gasteiger partial charge < -0.3 is 19.9 Å². The van der Waals surface area contributed by atoms with Crippen LogP contribution in [0.1, 0.15) is 56.4 Å². The Balaban J connectivity index is 1.07. The lowest BCUT2D eigenvalue weighted by atomic mass is 9.82. The van der Waals surface area contributed by atoms with E-state index in [-0.39, 0.29) is 41.3 Å². The van der Waals surface area contributed by atoms with Crippen LogP contribution in [0.2, 0.25) is 10.0 Å². The zero-order valence-electron chi connectivity index (χ0n) is 25.8. The number of hydrogen-bond acceptors (Lipinski definition) is 6. The average Bonchev–Trinajstić information content (AvgIpc) is 3.13. The molecule has 1 N–H and O–H groups in total. The number of esters is 1. The molecule has 9 nitrogen and oxygen atoms in total. The monoisotopic (exact) mass is 670 g/mol. The third-order valence-corrected chi connectivity index (χ3v) is 9.47. The molecule has 3 aromatic carbocycles. The molecule has 0 radical (unpaired) electrons. The number of benzene rings is 3. The van der Waals surface area contributed by atoms with Gasteiger partial charge in [0.05, 0.1) is 26.9 Å². The second kappa shape index (κ2) is 13.6. The highest BCUT2D eigenvalue weighted by atomic mass is 35.5. The molecule has 0 unspecified atom stereocenters. The summed E-state index contributed by atoms with van der Waals surface area (Å²) in [6.07, 6.45) is 4.43. The molecule has 6 rings (SSSR count). The maximum Gasteiger partial charge on any atom is 0.338 e. The molecule has 2 aliphatic rings. The molecule has 1 saturated carbocycles. The number of hydrogen-bond donors (Lipinski definition) is 1. The lowest BCUT2D eigenvalue weighted by Crippen LogP contribution is -2.45. The van der Waals surface area contributed by atoms with Crippen molar-refractivity contribution in [3.63, 3.8) is 0 Å². The first-order valence-electron chi connectivity index (χ1n) is 15.2. The first-order chi connectivity index (χ1) is 22.6. The zero-order valence-corrected chi connectivity index (χ0v) is 27.3. The molecule has 47 heavy (non-hydrogen) atoms. The van der Waals surface area contributed by atoms with Crippen molar-refractivity contribution >= 4 is 52.6 Å². The predicted molar refractivity (Wildman–Crippen MR) is 180 cm³/mol. The van der Waals surface area contributed by atoms with Crippen molar-refractivity contribution in [2.24, 2.45) is 5.92 Å². The quantitative estimate of drug-likeness (QED) is 0.217. The molecule has 1 fully saturated rings. The van der Waals surface area contributed by atoms with Gasteiger partial charge in [0, 0.05) is 38.1 Å². The predicted octanol–water partition coefficient (Wildman–Crippen LogP) is 6.43. The summed E-state index contributed by atoms with van der Waals surface area (Å²) >= 11 is 11.9. The van der Waals surface area contributed by atoms with Crippen LogP contribution >= 0.6 is 23.2 Å². The Labute approximate surface area is 282 Å². The van der Waals surface area contributed by atoms with Crippen LogP contribution in [0, 0.1) is 5.92 Å². The van der Waals surface area contributed by atoms with E-state index in [0.717, 1.165) is 16.7 Å².